The van der Waals surface area contributed by atoms with Crippen LogP contribution in [0, 0.1) is 29.1 Å². The van der Waals surface area contributed by atoms with Gasteiger partial charge >= 0.3 is 6.18 Å². The van der Waals surface area contributed by atoms with Crippen LogP contribution in [0.5, 0.6) is 0 Å². The van der Waals surface area contributed by atoms with E-state index in [2.05, 4.69) is 5.10 Å². The number of rotatable bonds is 4. The van der Waals surface area contributed by atoms with Crippen LogP contribution in [0.2, 0.25) is 0 Å². The number of anilines is 1. The molecule has 0 unspecified atom stereocenters. The SMILES string of the molecule is C[C@@H](C(=O)Nc1c(F)c(F)c(F)c(F)c1F)n1nc(C(F)(F)F)cc1C1CC1. The lowest BCUT2D eigenvalue weighted by atomic mass is 10.2. The van der Waals surface area contributed by atoms with E-state index in [1.807, 2.05) is 0 Å². The van der Waals surface area contributed by atoms with Crippen molar-refractivity contribution in [3.05, 3.63) is 46.5 Å². The van der Waals surface area contributed by atoms with Gasteiger partial charge in [-0.2, -0.15) is 18.3 Å². The monoisotopic (exact) mass is 413 g/mol. The van der Waals surface area contributed by atoms with Gasteiger partial charge in [-0.15, -0.1) is 0 Å². The zero-order valence-electron chi connectivity index (χ0n) is 14.0. The van der Waals surface area contributed by atoms with E-state index in [1.165, 1.54) is 0 Å². The fraction of sp³-hybridized carbons (Fsp3) is 0.375. The van der Waals surface area contributed by atoms with E-state index >= 15 is 0 Å². The molecule has 28 heavy (non-hydrogen) atoms. The molecular formula is C16H11F8N3O. The molecule has 4 nitrogen and oxygen atoms in total. The molecule has 1 N–H and O–H groups in total. The van der Waals surface area contributed by atoms with Crippen LogP contribution in [-0.2, 0) is 11.0 Å². The predicted octanol–water partition coefficient (Wildman–Crippen LogP) is 4.67. The van der Waals surface area contributed by atoms with Gasteiger partial charge in [0.15, 0.2) is 29.0 Å². The van der Waals surface area contributed by atoms with Crippen molar-refractivity contribution in [1.82, 2.24) is 9.78 Å². The number of carbonyl (C=O) groups is 1. The van der Waals surface area contributed by atoms with Gasteiger partial charge in [0.2, 0.25) is 11.7 Å². The first kappa shape index (κ1) is 20.1. The number of hydrogen-bond acceptors (Lipinski definition) is 2. The van der Waals surface area contributed by atoms with Crippen molar-refractivity contribution < 1.29 is 39.9 Å². The van der Waals surface area contributed by atoms with E-state index in [0.717, 1.165) is 17.7 Å². The number of hydrogen-bond donors (Lipinski definition) is 1. The van der Waals surface area contributed by atoms with Crippen molar-refractivity contribution in [2.75, 3.05) is 5.32 Å². The molecule has 2 aromatic rings. The number of alkyl halides is 3. The number of benzene rings is 1. The van der Waals surface area contributed by atoms with E-state index in [1.54, 1.807) is 5.32 Å². The first-order chi connectivity index (χ1) is 12.9. The molecule has 1 heterocycles. The van der Waals surface area contributed by atoms with Gasteiger partial charge in [-0.3, -0.25) is 9.48 Å². The van der Waals surface area contributed by atoms with Crippen molar-refractivity contribution in [2.24, 2.45) is 0 Å². The summed E-state index contributed by atoms with van der Waals surface area (Å²) >= 11 is 0. The standard InChI is InChI=1S/C16H11F8N3O/c1-5(27-7(6-2-3-6)4-8(26-27)16(22,23)24)15(28)25-14-12(20)10(18)9(17)11(19)13(14)21/h4-6H,2-3H2,1H3,(H,25,28)/t5-/m0/s1. The Hall–Kier alpha value is -2.66. The van der Waals surface area contributed by atoms with Crippen LogP contribution in [0.1, 0.15) is 43.1 Å². The number of aromatic nitrogens is 2. The van der Waals surface area contributed by atoms with Gasteiger partial charge in [0.05, 0.1) is 0 Å². The maximum Gasteiger partial charge on any atom is 0.435 e. The van der Waals surface area contributed by atoms with Crippen LogP contribution in [0.25, 0.3) is 0 Å². The van der Waals surface area contributed by atoms with Crippen LogP contribution < -0.4 is 5.32 Å². The van der Waals surface area contributed by atoms with E-state index < -0.39 is 58.6 Å². The number of nitrogens with one attached hydrogen (secondary N) is 1. The Morgan fingerprint density at radius 2 is 1.57 bits per heavy atom. The largest absolute Gasteiger partial charge is 0.435 e. The van der Waals surface area contributed by atoms with Gasteiger partial charge in [-0.1, -0.05) is 0 Å². The first-order valence-electron chi connectivity index (χ1n) is 7.92. The van der Waals surface area contributed by atoms with Crippen LogP contribution >= 0.6 is 0 Å². The molecule has 0 spiro atoms. The number of halogens is 8. The van der Waals surface area contributed by atoms with Gasteiger partial charge in [-0.05, 0) is 25.8 Å². The molecule has 0 radical (unpaired) electrons. The maximum atomic E-state index is 13.7. The van der Waals surface area contributed by atoms with Crippen molar-refractivity contribution >= 4 is 11.6 Å². The highest BCUT2D eigenvalue weighted by Crippen LogP contribution is 2.43. The maximum absolute atomic E-state index is 13.7. The van der Waals surface area contributed by atoms with E-state index in [9.17, 15) is 39.9 Å². The summed E-state index contributed by atoms with van der Waals surface area (Å²) in [5.41, 5.74) is -2.76. The molecule has 1 fully saturated rings. The average Bonchev–Trinajstić information content (AvgIpc) is 3.37. The molecule has 3 rings (SSSR count). The van der Waals surface area contributed by atoms with Crippen molar-refractivity contribution in [3.8, 4) is 0 Å². The molecule has 0 bridgehead atoms. The molecule has 1 atom stereocenters. The topological polar surface area (TPSA) is 46.9 Å². The van der Waals surface area contributed by atoms with E-state index in [4.69, 9.17) is 0 Å². The van der Waals surface area contributed by atoms with Crippen molar-refractivity contribution in [2.45, 2.75) is 37.9 Å². The number of nitrogens with zero attached hydrogens (tertiary/aromatic N) is 2. The lowest BCUT2D eigenvalue weighted by Crippen LogP contribution is -2.27. The fourth-order valence-electron chi connectivity index (χ4n) is 2.59. The van der Waals surface area contributed by atoms with Gasteiger partial charge in [0.25, 0.3) is 0 Å². The van der Waals surface area contributed by atoms with Crippen LogP contribution in [0.15, 0.2) is 6.07 Å². The molecule has 0 aliphatic heterocycles. The molecular weight excluding hydrogens is 402 g/mol. The first-order valence-corrected chi connectivity index (χ1v) is 7.92. The third kappa shape index (κ3) is 3.42. The quantitative estimate of drug-likeness (QED) is 0.450. The summed E-state index contributed by atoms with van der Waals surface area (Å²) in [6, 6.07) is -0.749. The molecule has 0 saturated heterocycles. The van der Waals surface area contributed by atoms with E-state index in [0.29, 0.717) is 12.8 Å². The Labute approximate surface area is 152 Å². The Morgan fingerprint density at radius 3 is 2.04 bits per heavy atom. The van der Waals surface area contributed by atoms with Crippen molar-refractivity contribution in [3.63, 3.8) is 0 Å². The summed E-state index contributed by atoms with van der Waals surface area (Å²) in [6.07, 6.45) is -3.66. The second kappa shape index (κ2) is 6.74. The smallest absolute Gasteiger partial charge is 0.319 e. The molecule has 1 aromatic carbocycles. The molecule has 152 valence electrons. The molecule has 1 amide bonds. The summed E-state index contributed by atoms with van der Waals surface area (Å²) in [6.45, 7) is 1.08. The summed E-state index contributed by atoms with van der Waals surface area (Å²) in [4.78, 5) is 12.3. The zero-order chi connectivity index (χ0) is 21.0. The second-order valence-electron chi connectivity index (χ2n) is 6.28. The van der Waals surface area contributed by atoms with Crippen LogP contribution in [0.3, 0.4) is 0 Å². The summed E-state index contributed by atoms with van der Waals surface area (Å²) in [7, 11) is 0. The minimum Gasteiger partial charge on any atom is -0.319 e. The fourth-order valence-corrected chi connectivity index (χ4v) is 2.59. The summed E-state index contributed by atoms with van der Waals surface area (Å²) < 4.78 is 106. The highest BCUT2D eigenvalue weighted by molar-refractivity contribution is 5.93. The molecule has 1 saturated carbocycles. The third-order valence-electron chi connectivity index (χ3n) is 4.25. The Balaban J connectivity index is 1.94. The minimum absolute atomic E-state index is 0.0902. The number of carbonyl (C=O) groups excluding carboxylic acids is 1. The Bertz CT molecular complexity index is 919. The van der Waals surface area contributed by atoms with Crippen molar-refractivity contribution in [1.29, 1.82) is 0 Å². The van der Waals surface area contributed by atoms with Crippen LogP contribution in [0.4, 0.5) is 40.8 Å². The molecule has 1 aliphatic rings. The predicted molar refractivity (Wildman–Crippen MR) is 78.8 cm³/mol. The molecule has 12 heteroatoms. The van der Waals surface area contributed by atoms with Gasteiger partial charge in [0.1, 0.15) is 11.7 Å². The molecule has 1 aliphatic carbocycles. The lowest BCUT2D eigenvalue weighted by molar-refractivity contribution is -0.141. The summed E-state index contributed by atoms with van der Waals surface area (Å²) in [5.74, 6) is -13.0. The van der Waals surface area contributed by atoms with Crippen LogP contribution in [-0.4, -0.2) is 15.7 Å². The average molecular weight is 413 g/mol. The normalized spacial score (nSPS) is 15.6. The molecule has 1 aromatic heterocycles. The minimum atomic E-state index is -4.79. The van der Waals surface area contributed by atoms with Gasteiger partial charge < -0.3 is 5.32 Å². The summed E-state index contributed by atoms with van der Waals surface area (Å²) in [5, 5.41) is 4.88. The second-order valence-corrected chi connectivity index (χ2v) is 6.28. The van der Waals surface area contributed by atoms with Gasteiger partial charge in [-0.25, -0.2) is 22.0 Å². The highest BCUT2D eigenvalue weighted by atomic mass is 19.4. The van der Waals surface area contributed by atoms with Gasteiger partial charge in [0, 0.05) is 11.6 Å². The Morgan fingerprint density at radius 1 is 1.07 bits per heavy atom. The highest BCUT2D eigenvalue weighted by Gasteiger charge is 2.39. The van der Waals surface area contributed by atoms with E-state index in [-0.39, 0.29) is 11.6 Å². The lowest BCUT2D eigenvalue weighted by Gasteiger charge is -2.17. The Kier molecular flexibility index (Phi) is 4.84. The third-order valence-corrected chi connectivity index (χ3v) is 4.25. The zero-order valence-corrected chi connectivity index (χ0v) is 14.0. The number of amides is 1.